The Morgan fingerprint density at radius 3 is 2.46 bits per heavy atom. The maximum atomic E-state index is 13.6. The van der Waals surface area contributed by atoms with Gasteiger partial charge in [0, 0.05) is 22.1 Å². The van der Waals surface area contributed by atoms with Gasteiger partial charge in [-0.25, -0.2) is 8.42 Å². The summed E-state index contributed by atoms with van der Waals surface area (Å²) in [7, 11) is -3.80. The molecule has 1 saturated carbocycles. The molecule has 190 valence electrons. The van der Waals surface area contributed by atoms with Gasteiger partial charge < -0.3 is 10.2 Å². The van der Waals surface area contributed by atoms with Crippen molar-refractivity contribution in [2.45, 2.75) is 58.2 Å². The van der Waals surface area contributed by atoms with Gasteiger partial charge in [-0.15, -0.1) is 0 Å². The van der Waals surface area contributed by atoms with E-state index in [2.05, 4.69) is 21.2 Å². The smallest absolute Gasteiger partial charge is 0.244 e. The van der Waals surface area contributed by atoms with E-state index in [0.717, 1.165) is 51.8 Å². The van der Waals surface area contributed by atoms with E-state index in [4.69, 9.17) is 11.6 Å². The summed E-state index contributed by atoms with van der Waals surface area (Å²) in [6.07, 6.45) is 5.04. The third kappa shape index (κ3) is 7.44. The minimum absolute atomic E-state index is 0.106. The van der Waals surface area contributed by atoms with Crippen LogP contribution < -0.4 is 9.62 Å². The molecule has 0 radical (unpaired) electrons. The van der Waals surface area contributed by atoms with Crippen molar-refractivity contribution < 1.29 is 18.0 Å². The molecule has 1 aliphatic carbocycles. The number of sulfonamides is 1. The Hall–Kier alpha value is -2.10. The molecule has 0 saturated heterocycles. The number of hydrogen-bond acceptors (Lipinski definition) is 4. The second kappa shape index (κ2) is 11.8. The van der Waals surface area contributed by atoms with Crippen molar-refractivity contribution in [2.75, 3.05) is 17.1 Å². The number of nitrogens with zero attached hydrogens (tertiary/aromatic N) is 2. The Balaban J connectivity index is 1.89. The minimum atomic E-state index is -3.80. The summed E-state index contributed by atoms with van der Waals surface area (Å²) in [6, 6.07) is 11.6. The number of nitrogens with one attached hydrogen (secondary N) is 1. The first-order valence-electron chi connectivity index (χ1n) is 11.5. The summed E-state index contributed by atoms with van der Waals surface area (Å²) in [6.45, 7) is 3.19. The van der Waals surface area contributed by atoms with Crippen LogP contribution in [0.2, 0.25) is 5.02 Å². The predicted octanol–water partition coefficient (Wildman–Crippen LogP) is 4.65. The number of amides is 2. The zero-order valence-electron chi connectivity index (χ0n) is 20.1. The van der Waals surface area contributed by atoms with Crippen molar-refractivity contribution in [3.8, 4) is 0 Å². The summed E-state index contributed by atoms with van der Waals surface area (Å²) in [5.41, 5.74) is 1.91. The summed E-state index contributed by atoms with van der Waals surface area (Å²) in [5, 5.41) is 3.45. The second-order valence-electron chi connectivity index (χ2n) is 9.02. The lowest BCUT2D eigenvalue weighted by molar-refractivity contribution is -0.139. The Morgan fingerprint density at radius 1 is 1.17 bits per heavy atom. The molecule has 1 atom stereocenters. The number of halogens is 2. The van der Waals surface area contributed by atoms with Gasteiger partial charge in [0.05, 0.1) is 11.9 Å². The number of benzene rings is 2. The van der Waals surface area contributed by atoms with Gasteiger partial charge in [-0.1, -0.05) is 58.6 Å². The zero-order chi connectivity index (χ0) is 25.8. The van der Waals surface area contributed by atoms with Crippen LogP contribution in [0.4, 0.5) is 5.69 Å². The number of anilines is 1. The van der Waals surface area contributed by atoms with Crippen LogP contribution in [-0.4, -0.2) is 50.0 Å². The summed E-state index contributed by atoms with van der Waals surface area (Å²) >= 11 is 9.67. The molecule has 1 aliphatic rings. The molecule has 2 aromatic rings. The van der Waals surface area contributed by atoms with Crippen LogP contribution in [0.1, 0.15) is 43.7 Å². The fourth-order valence-corrected chi connectivity index (χ4v) is 5.62. The summed E-state index contributed by atoms with van der Waals surface area (Å²) in [5.74, 6) is -0.731. The van der Waals surface area contributed by atoms with Crippen molar-refractivity contribution in [2.24, 2.45) is 0 Å². The first kappa shape index (κ1) is 27.5. The fraction of sp³-hybridized carbons (Fsp3) is 0.440. The largest absolute Gasteiger partial charge is 0.352 e. The SMILES string of the molecule is Cc1ccc(N(CC(=O)N(Cc2cccc(Br)c2)C(C)C(=O)NC2CCCC2)S(C)(=O)=O)cc1Cl. The normalized spacial score (nSPS) is 15.0. The first-order valence-corrected chi connectivity index (χ1v) is 14.6. The number of aryl methyl sites for hydroxylation is 1. The van der Waals surface area contributed by atoms with E-state index >= 15 is 0 Å². The van der Waals surface area contributed by atoms with Crippen molar-refractivity contribution in [3.05, 3.63) is 63.1 Å². The molecule has 1 N–H and O–H groups in total. The molecule has 35 heavy (non-hydrogen) atoms. The quantitative estimate of drug-likeness (QED) is 0.465. The molecule has 2 aromatic carbocycles. The van der Waals surface area contributed by atoms with Crippen LogP contribution in [0.15, 0.2) is 46.9 Å². The second-order valence-corrected chi connectivity index (χ2v) is 12.3. The lowest BCUT2D eigenvalue weighted by Crippen LogP contribution is -2.52. The van der Waals surface area contributed by atoms with Crippen molar-refractivity contribution >= 4 is 55.1 Å². The van der Waals surface area contributed by atoms with E-state index in [1.807, 2.05) is 31.2 Å². The lowest BCUT2D eigenvalue weighted by atomic mass is 10.1. The zero-order valence-corrected chi connectivity index (χ0v) is 23.3. The van der Waals surface area contributed by atoms with Gasteiger partial charge in [0.25, 0.3) is 0 Å². The monoisotopic (exact) mass is 583 g/mol. The van der Waals surface area contributed by atoms with Crippen LogP contribution in [0.5, 0.6) is 0 Å². The van der Waals surface area contributed by atoms with Gasteiger partial charge in [0.1, 0.15) is 12.6 Å². The lowest BCUT2D eigenvalue weighted by Gasteiger charge is -2.32. The standard InChI is InChI=1S/C25H31BrClN3O4S/c1-17-11-12-22(14-23(17)27)30(35(3,33)34)16-24(31)29(15-19-7-6-8-20(26)13-19)18(2)25(32)28-21-9-4-5-10-21/h6-8,11-14,18,21H,4-5,9-10,15-16H2,1-3H3,(H,28,32). The summed E-state index contributed by atoms with van der Waals surface area (Å²) < 4.78 is 27.2. The molecular formula is C25H31BrClN3O4S. The topological polar surface area (TPSA) is 86.8 Å². The van der Waals surface area contributed by atoms with Crippen LogP contribution >= 0.6 is 27.5 Å². The van der Waals surface area contributed by atoms with E-state index in [0.29, 0.717) is 10.7 Å². The number of rotatable bonds is 9. The molecule has 0 aliphatic heterocycles. The van der Waals surface area contributed by atoms with Gasteiger partial charge in [0.2, 0.25) is 21.8 Å². The highest BCUT2D eigenvalue weighted by atomic mass is 79.9. The number of hydrogen-bond donors (Lipinski definition) is 1. The van der Waals surface area contributed by atoms with Crippen molar-refractivity contribution in [1.82, 2.24) is 10.2 Å². The van der Waals surface area contributed by atoms with Gasteiger partial charge >= 0.3 is 0 Å². The van der Waals surface area contributed by atoms with Gasteiger partial charge in [0.15, 0.2) is 0 Å². The van der Waals surface area contributed by atoms with Crippen LogP contribution in [0, 0.1) is 6.92 Å². The molecule has 0 bridgehead atoms. The molecule has 0 spiro atoms. The molecule has 1 fully saturated rings. The van der Waals surface area contributed by atoms with Gasteiger partial charge in [-0.2, -0.15) is 0 Å². The molecule has 10 heteroatoms. The maximum Gasteiger partial charge on any atom is 0.244 e. The van der Waals surface area contributed by atoms with Crippen molar-refractivity contribution in [3.63, 3.8) is 0 Å². The Kier molecular flexibility index (Phi) is 9.23. The third-order valence-corrected chi connectivity index (χ3v) is 8.27. The molecule has 1 unspecified atom stereocenters. The van der Waals surface area contributed by atoms with Gasteiger partial charge in [-0.3, -0.25) is 13.9 Å². The Bertz CT molecular complexity index is 1180. The third-order valence-electron chi connectivity index (χ3n) is 6.23. The molecular weight excluding hydrogens is 554 g/mol. The highest BCUT2D eigenvalue weighted by Crippen LogP contribution is 2.26. The van der Waals surface area contributed by atoms with E-state index < -0.39 is 28.5 Å². The van der Waals surface area contributed by atoms with E-state index in [1.54, 1.807) is 19.1 Å². The molecule has 0 heterocycles. The fourth-order valence-electron chi connectivity index (χ4n) is 4.16. The minimum Gasteiger partial charge on any atom is -0.352 e. The average molecular weight is 585 g/mol. The highest BCUT2D eigenvalue weighted by Gasteiger charge is 2.31. The summed E-state index contributed by atoms with van der Waals surface area (Å²) in [4.78, 5) is 28.1. The van der Waals surface area contributed by atoms with Crippen LogP contribution in [0.25, 0.3) is 0 Å². The Morgan fingerprint density at radius 2 is 1.86 bits per heavy atom. The molecule has 3 rings (SSSR count). The van der Waals surface area contributed by atoms with E-state index in [1.165, 1.54) is 11.0 Å². The first-order chi connectivity index (χ1) is 16.5. The Labute approximate surface area is 221 Å². The predicted molar refractivity (Wildman–Crippen MR) is 143 cm³/mol. The maximum absolute atomic E-state index is 13.6. The number of carbonyl (C=O) groups is 2. The molecule has 7 nitrogen and oxygen atoms in total. The van der Waals surface area contributed by atoms with E-state index in [9.17, 15) is 18.0 Å². The van der Waals surface area contributed by atoms with Gasteiger partial charge in [-0.05, 0) is 62.1 Å². The molecule has 0 aromatic heterocycles. The van der Waals surface area contributed by atoms with E-state index in [-0.39, 0.29) is 18.5 Å². The van der Waals surface area contributed by atoms with Crippen LogP contribution in [0.3, 0.4) is 0 Å². The van der Waals surface area contributed by atoms with Crippen LogP contribution in [-0.2, 0) is 26.2 Å². The number of carbonyl (C=O) groups excluding carboxylic acids is 2. The highest BCUT2D eigenvalue weighted by molar-refractivity contribution is 9.10. The van der Waals surface area contributed by atoms with Crippen molar-refractivity contribution in [1.29, 1.82) is 0 Å². The average Bonchev–Trinajstić information content (AvgIpc) is 3.29. The molecule has 2 amide bonds.